The van der Waals surface area contributed by atoms with Gasteiger partial charge in [-0.15, -0.1) is 0 Å². The van der Waals surface area contributed by atoms with Gasteiger partial charge in [0.05, 0.1) is 31.5 Å². The van der Waals surface area contributed by atoms with Crippen molar-refractivity contribution in [1.82, 2.24) is 0 Å². The highest BCUT2D eigenvalue weighted by Crippen LogP contribution is 2.29. The third-order valence-electron chi connectivity index (χ3n) is 3.15. The Balaban J connectivity index is 2.78. The summed E-state index contributed by atoms with van der Waals surface area (Å²) in [7, 11) is 4.86. The quantitative estimate of drug-likeness (QED) is 0.729. The normalized spacial score (nSPS) is 39.9. The molecule has 0 radical (unpaired) electrons. The van der Waals surface area contributed by atoms with E-state index in [1.54, 1.807) is 21.3 Å². The van der Waals surface area contributed by atoms with E-state index < -0.39 is 0 Å². The summed E-state index contributed by atoms with van der Waals surface area (Å²) >= 11 is 0. The SMILES string of the molecule is COCC1OC(C)C(OC)C(CO)C1OC. The average molecular weight is 234 g/mol. The molecule has 0 aliphatic carbocycles. The van der Waals surface area contributed by atoms with Crippen molar-refractivity contribution in [3.63, 3.8) is 0 Å². The number of aliphatic hydroxyl groups excluding tert-OH is 1. The van der Waals surface area contributed by atoms with Crippen LogP contribution in [0.15, 0.2) is 0 Å². The molecule has 16 heavy (non-hydrogen) atoms. The zero-order chi connectivity index (χ0) is 12.1. The smallest absolute Gasteiger partial charge is 0.108 e. The lowest BCUT2D eigenvalue weighted by atomic mass is 9.87. The van der Waals surface area contributed by atoms with Crippen molar-refractivity contribution in [3.8, 4) is 0 Å². The van der Waals surface area contributed by atoms with Gasteiger partial charge in [-0.1, -0.05) is 0 Å². The minimum absolute atomic E-state index is 0.0188. The van der Waals surface area contributed by atoms with Gasteiger partial charge in [-0.2, -0.15) is 0 Å². The molecular formula is C11H22O5. The van der Waals surface area contributed by atoms with E-state index in [1.807, 2.05) is 6.92 Å². The molecule has 5 unspecified atom stereocenters. The maximum Gasteiger partial charge on any atom is 0.108 e. The predicted molar refractivity (Wildman–Crippen MR) is 58.4 cm³/mol. The second kappa shape index (κ2) is 6.51. The molecule has 0 spiro atoms. The van der Waals surface area contributed by atoms with Crippen molar-refractivity contribution in [2.45, 2.75) is 31.3 Å². The molecule has 0 amide bonds. The first-order valence-corrected chi connectivity index (χ1v) is 5.50. The summed E-state index contributed by atoms with van der Waals surface area (Å²) in [5, 5.41) is 9.44. The summed E-state index contributed by atoms with van der Waals surface area (Å²) in [6.45, 7) is 2.41. The molecule has 1 saturated heterocycles. The molecule has 0 saturated carbocycles. The van der Waals surface area contributed by atoms with Gasteiger partial charge >= 0.3 is 0 Å². The van der Waals surface area contributed by atoms with Gasteiger partial charge in [-0.3, -0.25) is 0 Å². The van der Waals surface area contributed by atoms with E-state index in [-0.39, 0.29) is 36.9 Å². The van der Waals surface area contributed by atoms with E-state index in [4.69, 9.17) is 18.9 Å². The largest absolute Gasteiger partial charge is 0.396 e. The number of methoxy groups -OCH3 is 3. The Kier molecular flexibility index (Phi) is 5.64. The van der Waals surface area contributed by atoms with Gasteiger partial charge in [0.15, 0.2) is 0 Å². The van der Waals surface area contributed by atoms with Crippen LogP contribution in [-0.4, -0.2) is 64.1 Å². The van der Waals surface area contributed by atoms with Crippen molar-refractivity contribution < 1.29 is 24.1 Å². The van der Waals surface area contributed by atoms with E-state index in [0.29, 0.717) is 6.61 Å². The lowest BCUT2D eigenvalue weighted by Crippen LogP contribution is -2.57. The van der Waals surface area contributed by atoms with Crippen LogP contribution >= 0.6 is 0 Å². The standard InChI is InChI=1S/C11H22O5/c1-7-10(14-3)8(5-12)11(15-4)9(16-7)6-13-2/h7-12H,5-6H2,1-4H3. The Bertz CT molecular complexity index is 199. The zero-order valence-electron chi connectivity index (χ0n) is 10.4. The van der Waals surface area contributed by atoms with Crippen LogP contribution in [0.3, 0.4) is 0 Å². The highest BCUT2D eigenvalue weighted by molar-refractivity contribution is 4.91. The van der Waals surface area contributed by atoms with E-state index in [0.717, 1.165) is 0 Å². The predicted octanol–water partition coefficient (Wildman–Crippen LogP) is 0.0586. The number of ether oxygens (including phenoxy) is 4. The third-order valence-corrected chi connectivity index (χ3v) is 3.15. The summed E-state index contributed by atoms with van der Waals surface area (Å²) in [6.07, 6.45) is -0.587. The fourth-order valence-electron chi connectivity index (χ4n) is 2.44. The highest BCUT2D eigenvalue weighted by atomic mass is 16.6. The molecule has 5 atom stereocenters. The van der Waals surface area contributed by atoms with E-state index in [1.165, 1.54) is 0 Å². The van der Waals surface area contributed by atoms with Gasteiger partial charge in [0.2, 0.25) is 0 Å². The molecule has 1 heterocycles. The lowest BCUT2D eigenvalue weighted by Gasteiger charge is -2.44. The average Bonchev–Trinajstić information content (AvgIpc) is 2.28. The molecule has 0 aromatic heterocycles. The molecule has 1 aliphatic rings. The molecule has 96 valence electrons. The molecule has 1 N–H and O–H groups in total. The minimum atomic E-state index is -0.203. The summed E-state index contributed by atoms with van der Waals surface area (Å²) < 4.78 is 21.6. The number of hydrogen-bond donors (Lipinski definition) is 1. The molecule has 1 fully saturated rings. The maximum atomic E-state index is 9.44. The highest BCUT2D eigenvalue weighted by Gasteiger charge is 2.44. The summed E-state index contributed by atoms with van der Waals surface area (Å²) in [5.41, 5.74) is 0. The molecule has 0 aromatic rings. The summed E-state index contributed by atoms with van der Waals surface area (Å²) in [5.74, 6) is -0.0844. The van der Waals surface area contributed by atoms with Crippen molar-refractivity contribution in [3.05, 3.63) is 0 Å². The Hall–Kier alpha value is -0.200. The summed E-state index contributed by atoms with van der Waals surface area (Å²) in [6, 6.07) is 0. The van der Waals surface area contributed by atoms with Crippen LogP contribution in [0.5, 0.6) is 0 Å². The Labute approximate surface area is 96.6 Å². The van der Waals surface area contributed by atoms with Crippen molar-refractivity contribution in [2.24, 2.45) is 5.92 Å². The molecule has 1 aliphatic heterocycles. The van der Waals surface area contributed by atoms with Crippen LogP contribution < -0.4 is 0 Å². The second-order valence-electron chi connectivity index (χ2n) is 4.08. The monoisotopic (exact) mass is 234 g/mol. The molecule has 5 heteroatoms. The van der Waals surface area contributed by atoms with Crippen molar-refractivity contribution in [2.75, 3.05) is 34.5 Å². The Morgan fingerprint density at radius 3 is 2.19 bits per heavy atom. The second-order valence-corrected chi connectivity index (χ2v) is 4.08. The summed E-state index contributed by atoms with van der Waals surface area (Å²) in [4.78, 5) is 0. The maximum absolute atomic E-state index is 9.44. The minimum Gasteiger partial charge on any atom is -0.396 e. The first kappa shape index (κ1) is 13.9. The lowest BCUT2D eigenvalue weighted by molar-refractivity contribution is -0.225. The van der Waals surface area contributed by atoms with E-state index in [2.05, 4.69) is 0 Å². The van der Waals surface area contributed by atoms with E-state index in [9.17, 15) is 5.11 Å². The number of rotatable bonds is 5. The van der Waals surface area contributed by atoms with Crippen molar-refractivity contribution in [1.29, 1.82) is 0 Å². The van der Waals surface area contributed by atoms with Crippen LogP contribution in [0.1, 0.15) is 6.92 Å². The van der Waals surface area contributed by atoms with Crippen LogP contribution in [0.4, 0.5) is 0 Å². The number of hydrogen-bond acceptors (Lipinski definition) is 5. The first-order chi connectivity index (χ1) is 7.69. The molecule has 0 aromatic carbocycles. The zero-order valence-corrected chi connectivity index (χ0v) is 10.4. The fourth-order valence-corrected chi connectivity index (χ4v) is 2.44. The molecule has 0 bridgehead atoms. The van der Waals surface area contributed by atoms with Crippen LogP contribution in [-0.2, 0) is 18.9 Å². The number of aliphatic hydroxyl groups is 1. The molecule has 5 nitrogen and oxygen atoms in total. The molecular weight excluding hydrogens is 212 g/mol. The van der Waals surface area contributed by atoms with Crippen LogP contribution in [0.25, 0.3) is 0 Å². The Morgan fingerprint density at radius 1 is 1.12 bits per heavy atom. The van der Waals surface area contributed by atoms with Crippen molar-refractivity contribution >= 4 is 0 Å². The third kappa shape index (κ3) is 2.73. The van der Waals surface area contributed by atoms with Crippen LogP contribution in [0, 0.1) is 5.92 Å². The van der Waals surface area contributed by atoms with E-state index >= 15 is 0 Å². The van der Waals surface area contributed by atoms with Gasteiger partial charge in [0.25, 0.3) is 0 Å². The van der Waals surface area contributed by atoms with Gasteiger partial charge in [-0.05, 0) is 6.92 Å². The van der Waals surface area contributed by atoms with Gasteiger partial charge < -0.3 is 24.1 Å². The van der Waals surface area contributed by atoms with Gasteiger partial charge in [-0.25, -0.2) is 0 Å². The Morgan fingerprint density at radius 2 is 1.75 bits per heavy atom. The first-order valence-electron chi connectivity index (χ1n) is 5.50. The topological polar surface area (TPSA) is 57.2 Å². The molecule has 1 rings (SSSR count). The van der Waals surface area contributed by atoms with Crippen LogP contribution in [0.2, 0.25) is 0 Å². The van der Waals surface area contributed by atoms with Gasteiger partial charge in [0, 0.05) is 27.2 Å². The van der Waals surface area contributed by atoms with Gasteiger partial charge in [0.1, 0.15) is 6.10 Å². The fraction of sp³-hybridized carbons (Fsp3) is 1.00.